The summed E-state index contributed by atoms with van der Waals surface area (Å²) in [5, 5.41) is 0. The van der Waals surface area contributed by atoms with Crippen LogP contribution >= 0.6 is 0 Å². The smallest absolute Gasteiger partial charge is 0.324 e. The van der Waals surface area contributed by atoms with Crippen molar-refractivity contribution in [1.29, 1.82) is 0 Å². The molecule has 2 rings (SSSR count). The number of carbonyl (C=O) groups is 3. The van der Waals surface area contributed by atoms with Crippen LogP contribution in [-0.4, -0.2) is 30.9 Å². The zero-order valence-electron chi connectivity index (χ0n) is 11.4. The Kier molecular flexibility index (Phi) is 3.92. The van der Waals surface area contributed by atoms with Gasteiger partial charge >= 0.3 is 11.9 Å². The van der Waals surface area contributed by atoms with Gasteiger partial charge in [-0.2, -0.15) is 0 Å². The minimum Gasteiger partial charge on any atom is -0.465 e. The fourth-order valence-corrected chi connectivity index (χ4v) is 3.42. The van der Waals surface area contributed by atoms with Crippen molar-refractivity contribution < 1.29 is 23.9 Å². The molecule has 106 valence electrons. The lowest BCUT2D eigenvalue weighted by Gasteiger charge is -2.29. The molecule has 0 N–H and O–H groups in total. The van der Waals surface area contributed by atoms with E-state index in [1.54, 1.807) is 13.8 Å². The molecular weight excluding hydrogens is 248 g/mol. The Labute approximate surface area is 112 Å². The van der Waals surface area contributed by atoms with Crippen molar-refractivity contribution in [1.82, 2.24) is 0 Å². The second-order valence-corrected chi connectivity index (χ2v) is 5.28. The predicted molar refractivity (Wildman–Crippen MR) is 66.2 cm³/mol. The molecule has 2 aliphatic carbocycles. The van der Waals surface area contributed by atoms with E-state index in [2.05, 4.69) is 0 Å². The molecule has 2 saturated carbocycles. The first-order chi connectivity index (χ1) is 9.06. The molecule has 2 unspecified atom stereocenters. The Morgan fingerprint density at radius 3 is 2.32 bits per heavy atom. The van der Waals surface area contributed by atoms with Gasteiger partial charge in [-0.05, 0) is 39.0 Å². The largest absolute Gasteiger partial charge is 0.465 e. The SMILES string of the molecule is CCOC(=O)C1(C(=O)OCC)CC2CCC(=O)C1C2. The monoisotopic (exact) mass is 268 g/mol. The van der Waals surface area contributed by atoms with Crippen LogP contribution in [0.1, 0.15) is 39.5 Å². The molecule has 2 aliphatic rings. The molecule has 2 bridgehead atoms. The zero-order chi connectivity index (χ0) is 14.0. The first kappa shape index (κ1) is 14.0. The van der Waals surface area contributed by atoms with E-state index in [1.165, 1.54) is 0 Å². The molecule has 0 radical (unpaired) electrons. The summed E-state index contributed by atoms with van der Waals surface area (Å²) in [6, 6.07) is 0. The Morgan fingerprint density at radius 2 is 1.79 bits per heavy atom. The summed E-state index contributed by atoms with van der Waals surface area (Å²) in [4.78, 5) is 36.7. The highest BCUT2D eigenvalue weighted by molar-refractivity contribution is 6.06. The Bertz CT molecular complexity index is 383. The molecule has 0 aromatic rings. The van der Waals surface area contributed by atoms with E-state index < -0.39 is 23.3 Å². The topological polar surface area (TPSA) is 69.7 Å². The van der Waals surface area contributed by atoms with Gasteiger partial charge in [0.25, 0.3) is 0 Å². The standard InChI is InChI=1S/C14H20O5/c1-3-18-12(16)14(13(17)19-4-2)8-9-5-6-11(15)10(14)7-9/h9-10H,3-8H2,1-2H3. The summed E-state index contributed by atoms with van der Waals surface area (Å²) in [6.07, 6.45) is 2.21. The van der Waals surface area contributed by atoms with Crippen molar-refractivity contribution in [3.63, 3.8) is 0 Å². The lowest BCUT2D eigenvalue weighted by Crippen LogP contribution is -2.47. The Balaban J connectivity index is 2.37. The summed E-state index contributed by atoms with van der Waals surface area (Å²) in [5.74, 6) is -1.48. The summed E-state index contributed by atoms with van der Waals surface area (Å²) >= 11 is 0. The van der Waals surface area contributed by atoms with E-state index in [-0.39, 0.29) is 24.9 Å². The highest BCUT2D eigenvalue weighted by atomic mass is 16.6. The van der Waals surface area contributed by atoms with Crippen LogP contribution in [0.15, 0.2) is 0 Å². The van der Waals surface area contributed by atoms with Crippen LogP contribution in [0.5, 0.6) is 0 Å². The van der Waals surface area contributed by atoms with Crippen LogP contribution in [0.3, 0.4) is 0 Å². The second kappa shape index (κ2) is 5.31. The number of fused-ring (bicyclic) bond motifs is 2. The van der Waals surface area contributed by atoms with Crippen molar-refractivity contribution in [2.24, 2.45) is 17.3 Å². The number of ether oxygens (including phenoxy) is 2. The summed E-state index contributed by atoms with van der Waals surface area (Å²) in [6.45, 7) is 3.79. The van der Waals surface area contributed by atoms with E-state index in [1.807, 2.05) is 0 Å². The van der Waals surface area contributed by atoms with Crippen molar-refractivity contribution >= 4 is 17.7 Å². The highest BCUT2D eigenvalue weighted by Crippen LogP contribution is 2.53. The van der Waals surface area contributed by atoms with Crippen molar-refractivity contribution in [3.05, 3.63) is 0 Å². The maximum Gasteiger partial charge on any atom is 0.324 e. The molecule has 0 spiro atoms. The third-order valence-corrected chi connectivity index (χ3v) is 4.24. The molecule has 5 nitrogen and oxygen atoms in total. The van der Waals surface area contributed by atoms with Gasteiger partial charge in [-0.25, -0.2) is 0 Å². The third-order valence-electron chi connectivity index (χ3n) is 4.24. The van der Waals surface area contributed by atoms with Gasteiger partial charge in [-0.15, -0.1) is 0 Å². The second-order valence-electron chi connectivity index (χ2n) is 5.28. The van der Waals surface area contributed by atoms with Crippen LogP contribution in [0.2, 0.25) is 0 Å². The maximum atomic E-state index is 12.3. The maximum absolute atomic E-state index is 12.3. The van der Waals surface area contributed by atoms with Crippen LogP contribution in [0.25, 0.3) is 0 Å². The lowest BCUT2D eigenvalue weighted by atomic mass is 9.75. The van der Waals surface area contributed by atoms with Gasteiger partial charge < -0.3 is 9.47 Å². The van der Waals surface area contributed by atoms with E-state index in [0.29, 0.717) is 19.3 Å². The molecule has 19 heavy (non-hydrogen) atoms. The zero-order valence-corrected chi connectivity index (χ0v) is 11.4. The van der Waals surface area contributed by atoms with Gasteiger partial charge in [-0.1, -0.05) is 0 Å². The van der Waals surface area contributed by atoms with Crippen molar-refractivity contribution in [2.45, 2.75) is 39.5 Å². The number of esters is 2. The van der Waals surface area contributed by atoms with Gasteiger partial charge in [0.15, 0.2) is 5.41 Å². The molecule has 0 aromatic heterocycles. The number of rotatable bonds is 4. The fraction of sp³-hybridized carbons (Fsp3) is 0.786. The van der Waals surface area contributed by atoms with Crippen LogP contribution < -0.4 is 0 Å². The highest BCUT2D eigenvalue weighted by Gasteiger charge is 2.63. The Hall–Kier alpha value is -1.39. The number of hydrogen-bond donors (Lipinski definition) is 0. The Morgan fingerprint density at radius 1 is 1.21 bits per heavy atom. The molecule has 2 fully saturated rings. The molecule has 0 aliphatic heterocycles. The first-order valence-electron chi connectivity index (χ1n) is 6.93. The van der Waals surface area contributed by atoms with E-state index in [4.69, 9.17) is 9.47 Å². The van der Waals surface area contributed by atoms with E-state index in [0.717, 1.165) is 6.42 Å². The number of Topliss-reactive ketones (excluding diaryl/α,β-unsaturated/α-hetero) is 1. The summed E-state index contributed by atoms with van der Waals surface area (Å²) in [5.41, 5.74) is -1.38. The first-order valence-corrected chi connectivity index (χ1v) is 6.93. The van der Waals surface area contributed by atoms with E-state index >= 15 is 0 Å². The average Bonchev–Trinajstić information content (AvgIpc) is 2.71. The molecule has 0 heterocycles. The molecule has 0 aromatic carbocycles. The van der Waals surface area contributed by atoms with Gasteiger partial charge in [0.05, 0.1) is 13.2 Å². The number of carbonyl (C=O) groups excluding carboxylic acids is 3. The summed E-state index contributed by atoms with van der Waals surface area (Å²) < 4.78 is 10.1. The summed E-state index contributed by atoms with van der Waals surface area (Å²) in [7, 11) is 0. The van der Waals surface area contributed by atoms with Gasteiger partial charge in [-0.3, -0.25) is 14.4 Å². The molecule has 0 amide bonds. The minimum atomic E-state index is -1.38. The third kappa shape index (κ3) is 2.15. The van der Waals surface area contributed by atoms with Crippen LogP contribution in [-0.2, 0) is 23.9 Å². The normalized spacial score (nSPS) is 28.0. The predicted octanol–water partition coefficient (Wildman–Crippen LogP) is 1.49. The van der Waals surface area contributed by atoms with Gasteiger partial charge in [0.2, 0.25) is 0 Å². The van der Waals surface area contributed by atoms with E-state index in [9.17, 15) is 14.4 Å². The lowest BCUT2D eigenvalue weighted by molar-refractivity contribution is -0.176. The van der Waals surface area contributed by atoms with Gasteiger partial charge in [0.1, 0.15) is 5.78 Å². The number of hydrogen-bond acceptors (Lipinski definition) is 5. The molecular formula is C14H20O5. The number of ketones is 1. The molecule has 5 heteroatoms. The van der Waals surface area contributed by atoms with Crippen LogP contribution in [0.4, 0.5) is 0 Å². The quantitative estimate of drug-likeness (QED) is 0.570. The molecule has 2 atom stereocenters. The minimum absolute atomic E-state index is 0.00476. The van der Waals surface area contributed by atoms with Crippen molar-refractivity contribution in [3.8, 4) is 0 Å². The fourth-order valence-electron chi connectivity index (χ4n) is 3.42. The van der Waals surface area contributed by atoms with Gasteiger partial charge in [0, 0.05) is 12.3 Å². The van der Waals surface area contributed by atoms with Crippen LogP contribution in [0, 0.1) is 17.3 Å². The van der Waals surface area contributed by atoms with Crippen molar-refractivity contribution in [2.75, 3.05) is 13.2 Å². The average molecular weight is 268 g/mol. The molecule has 0 saturated heterocycles.